The Hall–Kier alpha value is -1.82. The molecule has 4 saturated carbocycles. The van der Waals surface area contributed by atoms with Crippen molar-refractivity contribution in [2.75, 3.05) is 5.75 Å². The van der Waals surface area contributed by atoms with Gasteiger partial charge in [-0.25, -0.2) is 0 Å². The number of hydrogen-bond acceptors (Lipinski definition) is 4. The Balaban J connectivity index is 1.47. The second kappa shape index (κ2) is 8.97. The number of benzene rings is 1. The first kappa shape index (κ1) is 22.4. The number of carbonyl (C=O) groups is 3. The van der Waals surface area contributed by atoms with Crippen molar-refractivity contribution in [1.82, 2.24) is 5.32 Å². The lowest BCUT2D eigenvalue weighted by molar-refractivity contribution is -0.142. The van der Waals surface area contributed by atoms with Gasteiger partial charge in [0.25, 0.3) is 0 Å². The molecule has 0 aliphatic heterocycles. The van der Waals surface area contributed by atoms with E-state index in [9.17, 15) is 19.5 Å². The van der Waals surface area contributed by atoms with Gasteiger partial charge in [0.15, 0.2) is 5.12 Å². The molecule has 4 bridgehead atoms. The molecule has 5 rings (SSSR count). The van der Waals surface area contributed by atoms with Crippen LogP contribution in [0.4, 0.5) is 0 Å². The largest absolute Gasteiger partial charge is 0.480 e. The molecule has 4 fully saturated rings. The summed E-state index contributed by atoms with van der Waals surface area (Å²) in [5.74, 6) is 0.563. The summed E-state index contributed by atoms with van der Waals surface area (Å²) >= 11 is 1.31. The molecule has 6 heteroatoms. The number of carboxylic acid groups (broad SMARTS) is 1. The molecule has 0 spiro atoms. The van der Waals surface area contributed by atoms with Crippen molar-refractivity contribution >= 4 is 28.8 Å². The average molecular weight is 444 g/mol. The summed E-state index contributed by atoms with van der Waals surface area (Å²) in [5.41, 5.74) is 0.832. The minimum absolute atomic E-state index is 0.112. The van der Waals surface area contributed by atoms with Crippen LogP contribution >= 0.6 is 11.8 Å². The van der Waals surface area contributed by atoms with Gasteiger partial charge in [-0.2, -0.15) is 0 Å². The van der Waals surface area contributed by atoms with E-state index >= 15 is 0 Å². The number of thioether (sulfide) groups is 1. The molecule has 0 radical (unpaired) electrons. The van der Waals surface area contributed by atoms with Crippen molar-refractivity contribution in [3.8, 4) is 0 Å². The van der Waals surface area contributed by atoms with Gasteiger partial charge in [0.05, 0.1) is 5.92 Å². The second-order valence-corrected chi connectivity index (χ2v) is 11.2. The van der Waals surface area contributed by atoms with Crippen LogP contribution in [0.3, 0.4) is 0 Å². The lowest BCUT2D eigenvalue weighted by Crippen LogP contribution is -2.49. The van der Waals surface area contributed by atoms with Crippen LogP contribution in [0.1, 0.15) is 63.9 Å². The van der Waals surface area contributed by atoms with Crippen molar-refractivity contribution < 1.29 is 19.5 Å². The normalized spacial score (nSPS) is 31.6. The van der Waals surface area contributed by atoms with Crippen LogP contribution in [0.2, 0.25) is 0 Å². The SMILES string of the molecule is CC(c1ccccc1)C(CSC(=O)C12CC3CC(CC(C3)C1)C2)C(=O)N[C@@H](C)C(=O)O. The first-order chi connectivity index (χ1) is 14.8. The Kier molecular flexibility index (Phi) is 6.47. The molecule has 1 amide bonds. The molecule has 1 aromatic rings. The van der Waals surface area contributed by atoms with E-state index in [-0.39, 0.29) is 22.4 Å². The first-order valence-corrected chi connectivity index (χ1v) is 12.5. The molecule has 1 aromatic carbocycles. The molecule has 3 atom stereocenters. The van der Waals surface area contributed by atoms with Crippen LogP contribution in [0.15, 0.2) is 30.3 Å². The third kappa shape index (κ3) is 4.69. The molecule has 5 nitrogen and oxygen atoms in total. The van der Waals surface area contributed by atoms with E-state index in [1.54, 1.807) is 0 Å². The van der Waals surface area contributed by atoms with Gasteiger partial charge in [-0.3, -0.25) is 14.4 Å². The monoisotopic (exact) mass is 443 g/mol. The fourth-order valence-electron chi connectivity index (χ4n) is 6.50. The number of amides is 1. The summed E-state index contributed by atoms with van der Waals surface area (Å²) in [5, 5.41) is 12.1. The summed E-state index contributed by atoms with van der Waals surface area (Å²) in [6.45, 7) is 3.46. The average Bonchev–Trinajstić information content (AvgIpc) is 2.73. The molecular weight excluding hydrogens is 410 g/mol. The Bertz CT molecular complexity index is 804. The molecule has 31 heavy (non-hydrogen) atoms. The zero-order valence-electron chi connectivity index (χ0n) is 18.4. The van der Waals surface area contributed by atoms with Crippen LogP contribution < -0.4 is 5.32 Å². The van der Waals surface area contributed by atoms with Gasteiger partial charge in [-0.15, -0.1) is 0 Å². The molecule has 4 aliphatic rings. The lowest BCUT2D eigenvalue weighted by atomic mass is 9.50. The highest BCUT2D eigenvalue weighted by molar-refractivity contribution is 8.13. The zero-order chi connectivity index (χ0) is 22.2. The van der Waals surface area contributed by atoms with Crippen LogP contribution in [0.5, 0.6) is 0 Å². The predicted molar refractivity (Wildman–Crippen MR) is 122 cm³/mol. The number of aliphatic carboxylic acids is 1. The van der Waals surface area contributed by atoms with Crippen LogP contribution in [-0.2, 0) is 14.4 Å². The number of nitrogens with one attached hydrogen (secondary N) is 1. The van der Waals surface area contributed by atoms with Crippen molar-refractivity contribution in [3.63, 3.8) is 0 Å². The Labute approximate surface area is 188 Å². The van der Waals surface area contributed by atoms with E-state index < -0.39 is 17.9 Å². The number of hydrogen-bond donors (Lipinski definition) is 2. The minimum atomic E-state index is -1.06. The van der Waals surface area contributed by atoms with E-state index in [0.717, 1.165) is 24.8 Å². The highest BCUT2D eigenvalue weighted by Crippen LogP contribution is 2.61. The smallest absolute Gasteiger partial charge is 0.325 e. The Morgan fingerprint density at radius 1 is 1.03 bits per heavy atom. The van der Waals surface area contributed by atoms with E-state index in [0.29, 0.717) is 23.5 Å². The molecular formula is C25H33NO4S. The highest BCUT2D eigenvalue weighted by atomic mass is 32.2. The fraction of sp³-hybridized carbons (Fsp3) is 0.640. The quantitative estimate of drug-likeness (QED) is 0.619. The zero-order valence-corrected chi connectivity index (χ0v) is 19.2. The van der Waals surface area contributed by atoms with Gasteiger partial charge in [0.2, 0.25) is 5.91 Å². The minimum Gasteiger partial charge on any atom is -0.480 e. The summed E-state index contributed by atoms with van der Waals surface area (Å²) in [6, 6.07) is 8.82. The standard InChI is InChI=1S/C25H33NO4S/c1-15(20-6-4-3-5-7-20)21(22(27)26-16(2)23(28)29)14-31-24(30)25-11-17-8-18(12-25)10-19(9-17)13-25/h3-7,15-19,21H,8-14H2,1-2H3,(H,26,27)(H,28,29)/t15?,16-,17?,18?,19?,21?,25?/m0/s1. The van der Waals surface area contributed by atoms with Crippen molar-refractivity contribution in [1.29, 1.82) is 0 Å². The van der Waals surface area contributed by atoms with Gasteiger partial charge < -0.3 is 10.4 Å². The summed E-state index contributed by atoms with van der Waals surface area (Å²) in [6.07, 6.45) is 6.94. The summed E-state index contributed by atoms with van der Waals surface area (Å²) in [7, 11) is 0. The van der Waals surface area contributed by atoms with Crippen molar-refractivity contribution in [2.24, 2.45) is 29.1 Å². The molecule has 2 N–H and O–H groups in total. The second-order valence-electron chi connectivity index (χ2n) is 10.2. The Morgan fingerprint density at radius 2 is 1.58 bits per heavy atom. The highest BCUT2D eigenvalue weighted by Gasteiger charge is 2.54. The van der Waals surface area contributed by atoms with E-state index in [4.69, 9.17) is 0 Å². The van der Waals surface area contributed by atoms with Gasteiger partial charge in [0.1, 0.15) is 6.04 Å². The van der Waals surface area contributed by atoms with Crippen LogP contribution in [0, 0.1) is 29.1 Å². The molecule has 4 aliphatic carbocycles. The predicted octanol–water partition coefficient (Wildman–Crippen LogP) is 4.47. The number of carbonyl (C=O) groups excluding carboxylic acids is 2. The fourth-order valence-corrected chi connectivity index (χ4v) is 7.82. The third-order valence-corrected chi connectivity index (χ3v) is 9.08. The molecule has 0 heterocycles. The van der Waals surface area contributed by atoms with Crippen LogP contribution in [-0.4, -0.2) is 33.9 Å². The van der Waals surface area contributed by atoms with Gasteiger partial charge >= 0.3 is 5.97 Å². The maximum atomic E-state index is 13.5. The maximum absolute atomic E-state index is 13.5. The molecule has 2 unspecified atom stereocenters. The van der Waals surface area contributed by atoms with E-state index in [2.05, 4.69) is 5.32 Å². The van der Waals surface area contributed by atoms with E-state index in [1.807, 2.05) is 37.3 Å². The molecule has 0 saturated heterocycles. The molecule has 0 aromatic heterocycles. The van der Waals surface area contributed by atoms with Crippen molar-refractivity contribution in [3.05, 3.63) is 35.9 Å². The summed E-state index contributed by atoms with van der Waals surface area (Å²) in [4.78, 5) is 37.7. The van der Waals surface area contributed by atoms with Gasteiger partial charge in [-0.05, 0) is 74.7 Å². The number of carboxylic acids is 1. The topological polar surface area (TPSA) is 83.5 Å². The van der Waals surface area contributed by atoms with Gasteiger partial charge in [-0.1, -0.05) is 49.0 Å². The van der Waals surface area contributed by atoms with Crippen molar-refractivity contribution in [2.45, 2.75) is 64.3 Å². The summed E-state index contributed by atoms with van der Waals surface area (Å²) < 4.78 is 0. The number of rotatable bonds is 8. The lowest BCUT2D eigenvalue weighted by Gasteiger charge is -2.55. The maximum Gasteiger partial charge on any atom is 0.325 e. The van der Waals surface area contributed by atoms with Gasteiger partial charge in [0, 0.05) is 11.2 Å². The van der Waals surface area contributed by atoms with E-state index in [1.165, 1.54) is 37.9 Å². The first-order valence-electron chi connectivity index (χ1n) is 11.5. The third-order valence-electron chi connectivity index (χ3n) is 7.86. The van der Waals surface area contributed by atoms with Crippen LogP contribution in [0.25, 0.3) is 0 Å². The molecule has 168 valence electrons. The Morgan fingerprint density at radius 3 is 2.10 bits per heavy atom.